The van der Waals surface area contributed by atoms with Crippen LogP contribution in [-0.2, 0) is 5.72 Å². The van der Waals surface area contributed by atoms with Crippen molar-refractivity contribution in [3.05, 3.63) is 60.2 Å². The number of hydrogen-bond donors (Lipinski definition) is 1. The molecule has 4 heteroatoms. The van der Waals surface area contributed by atoms with Crippen molar-refractivity contribution in [2.45, 2.75) is 10.9 Å². The lowest BCUT2D eigenvalue weighted by molar-refractivity contribution is 0.0331. The Labute approximate surface area is 114 Å². The number of thioether (sulfide) groups is 1. The van der Waals surface area contributed by atoms with Gasteiger partial charge in [0.25, 0.3) is 0 Å². The molecule has 1 aromatic heterocycles. The van der Waals surface area contributed by atoms with Crippen molar-refractivity contribution in [3.63, 3.8) is 0 Å². The van der Waals surface area contributed by atoms with E-state index < -0.39 is 5.72 Å². The van der Waals surface area contributed by atoms with Gasteiger partial charge in [0.1, 0.15) is 0 Å². The van der Waals surface area contributed by atoms with Crippen molar-refractivity contribution in [1.29, 1.82) is 0 Å². The van der Waals surface area contributed by atoms with Crippen LogP contribution in [0.5, 0.6) is 0 Å². The van der Waals surface area contributed by atoms with Gasteiger partial charge < -0.3 is 5.11 Å². The first-order chi connectivity index (χ1) is 9.29. The van der Waals surface area contributed by atoms with Gasteiger partial charge in [-0.1, -0.05) is 54.2 Å². The van der Waals surface area contributed by atoms with Crippen molar-refractivity contribution in [3.8, 4) is 0 Å². The Kier molecular flexibility index (Phi) is 2.25. The second kappa shape index (κ2) is 3.85. The molecule has 3 nitrogen and oxygen atoms in total. The van der Waals surface area contributed by atoms with Gasteiger partial charge in [0.2, 0.25) is 0 Å². The van der Waals surface area contributed by atoms with Crippen LogP contribution in [0.4, 0.5) is 0 Å². The SMILES string of the molecule is OC1(c2ccccc2)CSc2nc3ccccc3n21. The van der Waals surface area contributed by atoms with E-state index in [1.807, 2.05) is 59.2 Å². The average molecular weight is 268 g/mol. The molecule has 2 aromatic carbocycles. The molecule has 19 heavy (non-hydrogen) atoms. The maximum atomic E-state index is 11.1. The van der Waals surface area contributed by atoms with Crippen molar-refractivity contribution in [2.75, 3.05) is 5.75 Å². The molecule has 0 bridgehead atoms. The van der Waals surface area contributed by atoms with Gasteiger partial charge in [-0.15, -0.1) is 0 Å². The smallest absolute Gasteiger partial charge is 0.179 e. The highest BCUT2D eigenvalue weighted by Gasteiger charge is 2.40. The van der Waals surface area contributed by atoms with E-state index in [2.05, 4.69) is 4.98 Å². The molecule has 4 rings (SSSR count). The van der Waals surface area contributed by atoms with Crippen molar-refractivity contribution >= 4 is 22.8 Å². The third-order valence-electron chi connectivity index (χ3n) is 3.54. The summed E-state index contributed by atoms with van der Waals surface area (Å²) in [6.45, 7) is 0. The van der Waals surface area contributed by atoms with E-state index >= 15 is 0 Å². The quantitative estimate of drug-likeness (QED) is 0.737. The highest BCUT2D eigenvalue weighted by atomic mass is 32.2. The molecule has 0 amide bonds. The number of fused-ring (bicyclic) bond motifs is 3. The third kappa shape index (κ3) is 1.47. The first-order valence-corrected chi connectivity index (χ1v) is 7.16. The molecule has 0 fully saturated rings. The van der Waals surface area contributed by atoms with E-state index in [0.717, 1.165) is 21.8 Å². The average Bonchev–Trinajstić information content (AvgIpc) is 2.99. The van der Waals surface area contributed by atoms with Crippen molar-refractivity contribution < 1.29 is 5.11 Å². The standard InChI is InChI=1S/C15H12N2OS/c18-15(11-6-2-1-3-7-11)10-19-14-16-12-8-4-5-9-13(12)17(14)15/h1-9,18H,10H2. The molecule has 1 aliphatic rings. The van der Waals surface area contributed by atoms with Crippen LogP contribution in [0.1, 0.15) is 5.56 Å². The minimum Gasteiger partial charge on any atom is -0.366 e. The van der Waals surface area contributed by atoms with Crippen LogP contribution in [0.15, 0.2) is 59.8 Å². The van der Waals surface area contributed by atoms with Crippen LogP contribution in [0.25, 0.3) is 11.0 Å². The maximum absolute atomic E-state index is 11.1. The molecule has 2 heterocycles. The van der Waals surface area contributed by atoms with Crippen LogP contribution in [-0.4, -0.2) is 20.4 Å². The van der Waals surface area contributed by atoms with Gasteiger partial charge >= 0.3 is 0 Å². The summed E-state index contributed by atoms with van der Waals surface area (Å²) in [6.07, 6.45) is 0. The maximum Gasteiger partial charge on any atom is 0.179 e. The molecular formula is C15H12N2OS. The predicted molar refractivity (Wildman–Crippen MR) is 76.2 cm³/mol. The molecule has 0 saturated carbocycles. The van der Waals surface area contributed by atoms with Gasteiger partial charge in [-0.2, -0.15) is 0 Å². The number of aromatic nitrogens is 2. The van der Waals surface area contributed by atoms with Crippen LogP contribution >= 0.6 is 11.8 Å². The number of rotatable bonds is 1. The molecule has 3 aromatic rings. The molecule has 94 valence electrons. The van der Waals surface area contributed by atoms with E-state index in [1.165, 1.54) is 0 Å². The van der Waals surface area contributed by atoms with Crippen molar-refractivity contribution in [2.24, 2.45) is 0 Å². The van der Waals surface area contributed by atoms with E-state index in [0.29, 0.717) is 5.75 Å². The van der Waals surface area contributed by atoms with E-state index in [4.69, 9.17) is 0 Å². The first kappa shape index (κ1) is 11.1. The number of benzene rings is 2. The lowest BCUT2D eigenvalue weighted by Gasteiger charge is -2.25. The summed E-state index contributed by atoms with van der Waals surface area (Å²) in [6, 6.07) is 17.7. The zero-order valence-corrected chi connectivity index (χ0v) is 11.0. The molecule has 0 saturated heterocycles. The number of nitrogens with zero attached hydrogens (tertiary/aromatic N) is 2. The number of hydrogen-bond acceptors (Lipinski definition) is 3. The molecule has 1 aliphatic heterocycles. The second-order valence-corrected chi connectivity index (χ2v) is 5.63. The Morgan fingerprint density at radius 1 is 1.05 bits per heavy atom. The van der Waals surface area contributed by atoms with Gasteiger partial charge in [0.15, 0.2) is 10.9 Å². The van der Waals surface area contributed by atoms with E-state index in [9.17, 15) is 5.11 Å². The summed E-state index contributed by atoms with van der Waals surface area (Å²) < 4.78 is 1.95. The monoisotopic (exact) mass is 268 g/mol. The Morgan fingerprint density at radius 3 is 2.63 bits per heavy atom. The van der Waals surface area contributed by atoms with Gasteiger partial charge in [0.05, 0.1) is 16.8 Å². The summed E-state index contributed by atoms with van der Waals surface area (Å²) >= 11 is 1.60. The topological polar surface area (TPSA) is 38.1 Å². The van der Waals surface area contributed by atoms with Gasteiger partial charge in [0, 0.05) is 5.56 Å². The van der Waals surface area contributed by atoms with Crippen LogP contribution in [0, 0.1) is 0 Å². The second-order valence-electron chi connectivity index (χ2n) is 4.69. The molecule has 0 radical (unpaired) electrons. The molecule has 1 atom stereocenters. The van der Waals surface area contributed by atoms with Gasteiger partial charge in [-0.05, 0) is 12.1 Å². The number of aliphatic hydroxyl groups is 1. The summed E-state index contributed by atoms with van der Waals surface area (Å²) in [7, 11) is 0. The van der Waals surface area contributed by atoms with Crippen LogP contribution in [0.3, 0.4) is 0 Å². The van der Waals surface area contributed by atoms with E-state index in [1.54, 1.807) is 11.8 Å². The molecule has 1 N–H and O–H groups in total. The first-order valence-electron chi connectivity index (χ1n) is 6.18. The Morgan fingerprint density at radius 2 is 1.79 bits per heavy atom. The lowest BCUT2D eigenvalue weighted by Crippen LogP contribution is -2.33. The number of imidazole rings is 1. The normalized spacial score (nSPS) is 21.7. The van der Waals surface area contributed by atoms with Gasteiger partial charge in [-0.25, -0.2) is 4.98 Å². The van der Waals surface area contributed by atoms with Crippen LogP contribution in [0.2, 0.25) is 0 Å². The summed E-state index contributed by atoms with van der Waals surface area (Å²) in [4.78, 5) is 4.58. The van der Waals surface area contributed by atoms with Crippen LogP contribution < -0.4 is 0 Å². The highest BCUT2D eigenvalue weighted by molar-refractivity contribution is 7.99. The summed E-state index contributed by atoms with van der Waals surface area (Å²) in [5.41, 5.74) is 1.81. The third-order valence-corrected chi connectivity index (χ3v) is 4.62. The fraction of sp³-hybridized carbons (Fsp3) is 0.133. The minimum atomic E-state index is -1.00. The predicted octanol–water partition coefficient (Wildman–Crippen LogP) is 2.84. The molecule has 0 aliphatic carbocycles. The number of para-hydroxylation sites is 2. The molecular weight excluding hydrogens is 256 g/mol. The molecule has 1 unspecified atom stereocenters. The molecule has 0 spiro atoms. The van der Waals surface area contributed by atoms with Gasteiger partial charge in [-0.3, -0.25) is 4.57 Å². The zero-order valence-electron chi connectivity index (χ0n) is 10.2. The lowest BCUT2D eigenvalue weighted by atomic mass is 10.0. The fourth-order valence-corrected chi connectivity index (χ4v) is 3.77. The Hall–Kier alpha value is -1.78. The van der Waals surface area contributed by atoms with E-state index in [-0.39, 0.29) is 0 Å². The zero-order chi connectivity index (χ0) is 12.9. The highest BCUT2D eigenvalue weighted by Crippen LogP contribution is 2.42. The summed E-state index contributed by atoms with van der Waals surface area (Å²) in [5.74, 6) is 0.601. The largest absolute Gasteiger partial charge is 0.366 e. The Bertz CT molecular complexity index is 753. The van der Waals surface area contributed by atoms with Crippen molar-refractivity contribution in [1.82, 2.24) is 9.55 Å². The fourth-order valence-electron chi connectivity index (χ4n) is 2.61. The minimum absolute atomic E-state index is 0.601. The summed E-state index contributed by atoms with van der Waals surface area (Å²) in [5, 5.41) is 12.0. The Balaban J connectivity index is 2.01.